The highest BCUT2D eigenvalue weighted by Gasteiger charge is 2.23. The number of hydrogen-bond donors (Lipinski definition) is 1. The molecule has 2 aromatic rings. The summed E-state index contributed by atoms with van der Waals surface area (Å²) in [6, 6.07) is 7.64. The number of methoxy groups -OCH3 is 1. The summed E-state index contributed by atoms with van der Waals surface area (Å²) in [7, 11) is 1.64. The van der Waals surface area contributed by atoms with Gasteiger partial charge in [0.1, 0.15) is 11.4 Å². The lowest BCUT2D eigenvalue weighted by molar-refractivity contribution is 0.0692. The van der Waals surface area contributed by atoms with E-state index in [2.05, 4.69) is 17.2 Å². The van der Waals surface area contributed by atoms with Crippen molar-refractivity contribution in [1.29, 1.82) is 0 Å². The van der Waals surface area contributed by atoms with E-state index in [9.17, 15) is 4.79 Å². The summed E-state index contributed by atoms with van der Waals surface area (Å²) < 4.78 is 5.21. The van der Waals surface area contributed by atoms with Crippen LogP contribution in [0, 0.1) is 5.92 Å². The lowest BCUT2D eigenvalue weighted by Crippen LogP contribution is -2.38. The van der Waals surface area contributed by atoms with Gasteiger partial charge in [0.25, 0.3) is 5.91 Å². The molecule has 0 unspecified atom stereocenters. The maximum Gasteiger partial charge on any atom is 0.273 e. The van der Waals surface area contributed by atoms with Crippen molar-refractivity contribution in [3.63, 3.8) is 0 Å². The standard InChI is InChI=1S/C17H21N3O2S/c1-12-6-8-20(9-7-12)16(21)15-11-23-17(19-15)18-13-4-3-5-14(10-13)22-2/h3-5,10-12H,6-9H2,1-2H3,(H,18,19). The van der Waals surface area contributed by atoms with Crippen LogP contribution in [0.5, 0.6) is 5.75 Å². The van der Waals surface area contributed by atoms with Gasteiger partial charge in [-0.1, -0.05) is 13.0 Å². The lowest BCUT2D eigenvalue weighted by Gasteiger charge is -2.29. The number of benzene rings is 1. The van der Waals surface area contributed by atoms with Gasteiger partial charge in [-0.05, 0) is 30.9 Å². The molecule has 23 heavy (non-hydrogen) atoms. The average Bonchev–Trinajstić information content (AvgIpc) is 3.03. The molecule has 1 amide bonds. The number of nitrogens with one attached hydrogen (secondary N) is 1. The summed E-state index contributed by atoms with van der Waals surface area (Å²) in [5, 5.41) is 5.76. The molecule has 0 saturated carbocycles. The lowest BCUT2D eigenvalue weighted by atomic mass is 9.99. The molecule has 1 N–H and O–H groups in total. The molecule has 1 fully saturated rings. The monoisotopic (exact) mass is 331 g/mol. The van der Waals surface area contributed by atoms with E-state index in [4.69, 9.17) is 4.74 Å². The van der Waals surface area contributed by atoms with E-state index in [1.807, 2.05) is 34.5 Å². The zero-order valence-corrected chi connectivity index (χ0v) is 14.2. The molecule has 2 heterocycles. The minimum Gasteiger partial charge on any atom is -0.497 e. The minimum absolute atomic E-state index is 0.0341. The fourth-order valence-corrected chi connectivity index (χ4v) is 3.33. The summed E-state index contributed by atoms with van der Waals surface area (Å²) in [6.07, 6.45) is 2.15. The van der Waals surface area contributed by atoms with Gasteiger partial charge in [0.2, 0.25) is 0 Å². The maximum atomic E-state index is 12.5. The summed E-state index contributed by atoms with van der Waals surface area (Å²) in [6.45, 7) is 3.90. The topological polar surface area (TPSA) is 54.5 Å². The van der Waals surface area contributed by atoms with Gasteiger partial charge in [-0.15, -0.1) is 11.3 Å². The van der Waals surface area contributed by atoms with Crippen molar-refractivity contribution in [2.45, 2.75) is 19.8 Å². The number of aromatic nitrogens is 1. The van der Waals surface area contributed by atoms with Crippen LogP contribution in [0.15, 0.2) is 29.6 Å². The van der Waals surface area contributed by atoms with Crippen LogP contribution < -0.4 is 10.1 Å². The third-order valence-electron chi connectivity index (χ3n) is 4.12. The Kier molecular flexibility index (Phi) is 4.81. The van der Waals surface area contributed by atoms with E-state index >= 15 is 0 Å². The molecular weight excluding hydrogens is 310 g/mol. The second-order valence-electron chi connectivity index (χ2n) is 5.87. The highest BCUT2D eigenvalue weighted by Crippen LogP contribution is 2.25. The molecule has 0 spiro atoms. The first kappa shape index (κ1) is 15.8. The number of carbonyl (C=O) groups excluding carboxylic acids is 1. The van der Waals surface area contributed by atoms with Gasteiger partial charge < -0.3 is 15.0 Å². The molecule has 1 aliphatic rings. The highest BCUT2D eigenvalue weighted by molar-refractivity contribution is 7.14. The Hall–Kier alpha value is -2.08. The third kappa shape index (κ3) is 3.82. The number of likely N-dealkylation sites (tertiary alicyclic amines) is 1. The number of anilines is 2. The van der Waals surface area contributed by atoms with Crippen LogP contribution in [0.3, 0.4) is 0 Å². The predicted molar refractivity (Wildman–Crippen MR) is 92.7 cm³/mol. The van der Waals surface area contributed by atoms with E-state index in [0.717, 1.165) is 37.4 Å². The zero-order chi connectivity index (χ0) is 16.2. The second-order valence-corrected chi connectivity index (χ2v) is 6.73. The van der Waals surface area contributed by atoms with Crippen molar-refractivity contribution >= 4 is 28.1 Å². The van der Waals surface area contributed by atoms with Crippen molar-refractivity contribution in [2.24, 2.45) is 5.92 Å². The molecule has 1 aromatic carbocycles. The predicted octanol–water partition coefficient (Wildman–Crippen LogP) is 3.77. The molecule has 6 heteroatoms. The van der Waals surface area contributed by atoms with E-state index < -0.39 is 0 Å². The van der Waals surface area contributed by atoms with Crippen LogP contribution in [0.2, 0.25) is 0 Å². The Bertz CT molecular complexity index is 678. The number of piperidine rings is 1. The van der Waals surface area contributed by atoms with Crippen molar-refractivity contribution in [3.05, 3.63) is 35.3 Å². The summed E-state index contributed by atoms with van der Waals surface area (Å²) in [5.41, 5.74) is 1.42. The van der Waals surface area contributed by atoms with Gasteiger partial charge in [0.05, 0.1) is 7.11 Å². The van der Waals surface area contributed by atoms with Crippen molar-refractivity contribution in [1.82, 2.24) is 9.88 Å². The Morgan fingerprint density at radius 1 is 1.39 bits per heavy atom. The van der Waals surface area contributed by atoms with Crippen LogP contribution in [0.4, 0.5) is 10.8 Å². The van der Waals surface area contributed by atoms with Gasteiger partial charge in [0.15, 0.2) is 5.13 Å². The summed E-state index contributed by atoms with van der Waals surface area (Å²) in [4.78, 5) is 18.8. The average molecular weight is 331 g/mol. The van der Waals surface area contributed by atoms with Gasteiger partial charge in [0, 0.05) is 30.2 Å². The normalized spacial score (nSPS) is 15.5. The van der Waals surface area contributed by atoms with Gasteiger partial charge in [-0.2, -0.15) is 0 Å². The van der Waals surface area contributed by atoms with Crippen LogP contribution in [0.1, 0.15) is 30.3 Å². The van der Waals surface area contributed by atoms with E-state index in [-0.39, 0.29) is 5.91 Å². The highest BCUT2D eigenvalue weighted by atomic mass is 32.1. The zero-order valence-electron chi connectivity index (χ0n) is 13.4. The largest absolute Gasteiger partial charge is 0.497 e. The quantitative estimate of drug-likeness (QED) is 0.926. The number of ether oxygens (including phenoxy) is 1. The fourth-order valence-electron chi connectivity index (χ4n) is 2.63. The smallest absolute Gasteiger partial charge is 0.273 e. The fraction of sp³-hybridized carbons (Fsp3) is 0.412. The van der Waals surface area contributed by atoms with Crippen molar-refractivity contribution < 1.29 is 9.53 Å². The first-order chi connectivity index (χ1) is 11.2. The van der Waals surface area contributed by atoms with Crippen LogP contribution >= 0.6 is 11.3 Å². The molecular formula is C17H21N3O2S. The molecule has 122 valence electrons. The van der Waals surface area contributed by atoms with Gasteiger partial charge in [-0.25, -0.2) is 4.98 Å². The number of carbonyl (C=O) groups is 1. The maximum absolute atomic E-state index is 12.5. The first-order valence-electron chi connectivity index (χ1n) is 7.81. The molecule has 0 atom stereocenters. The molecule has 0 bridgehead atoms. The van der Waals surface area contributed by atoms with E-state index in [0.29, 0.717) is 16.7 Å². The number of thiazole rings is 1. The number of nitrogens with zero attached hydrogens (tertiary/aromatic N) is 2. The molecule has 1 aliphatic heterocycles. The first-order valence-corrected chi connectivity index (χ1v) is 8.69. The van der Waals surface area contributed by atoms with Crippen molar-refractivity contribution in [2.75, 3.05) is 25.5 Å². The third-order valence-corrected chi connectivity index (χ3v) is 4.87. The number of rotatable bonds is 4. The molecule has 3 rings (SSSR count). The molecule has 0 radical (unpaired) electrons. The van der Waals surface area contributed by atoms with E-state index in [1.54, 1.807) is 7.11 Å². The Labute approximate surface area is 140 Å². The van der Waals surface area contributed by atoms with Crippen molar-refractivity contribution in [3.8, 4) is 5.75 Å². The van der Waals surface area contributed by atoms with Crippen LogP contribution in [-0.4, -0.2) is 36.0 Å². The van der Waals surface area contributed by atoms with Gasteiger partial charge >= 0.3 is 0 Å². The van der Waals surface area contributed by atoms with E-state index in [1.165, 1.54) is 11.3 Å². The van der Waals surface area contributed by atoms with Gasteiger partial charge in [-0.3, -0.25) is 4.79 Å². The summed E-state index contributed by atoms with van der Waals surface area (Å²) >= 11 is 1.44. The number of amides is 1. The molecule has 1 saturated heterocycles. The Morgan fingerprint density at radius 3 is 2.91 bits per heavy atom. The van der Waals surface area contributed by atoms with Crippen LogP contribution in [0.25, 0.3) is 0 Å². The molecule has 1 aromatic heterocycles. The SMILES string of the molecule is COc1cccc(Nc2nc(C(=O)N3CCC(C)CC3)cs2)c1. The molecule has 0 aliphatic carbocycles. The Balaban J connectivity index is 1.66. The molecule has 5 nitrogen and oxygen atoms in total. The summed E-state index contributed by atoms with van der Waals surface area (Å²) in [5.74, 6) is 1.52. The number of hydrogen-bond acceptors (Lipinski definition) is 5. The minimum atomic E-state index is 0.0341. The Morgan fingerprint density at radius 2 is 2.17 bits per heavy atom. The second kappa shape index (κ2) is 7.00. The van der Waals surface area contributed by atoms with Crippen LogP contribution in [-0.2, 0) is 0 Å².